The van der Waals surface area contributed by atoms with Gasteiger partial charge in [-0.1, -0.05) is 104 Å². The average molecular weight is 390 g/mol. The van der Waals surface area contributed by atoms with Gasteiger partial charge >= 0.3 is 0 Å². The lowest BCUT2D eigenvalue weighted by atomic mass is 9.71. The van der Waals surface area contributed by atoms with E-state index in [2.05, 4.69) is 26.8 Å². The number of carbonyl (C=O) groups is 1. The van der Waals surface area contributed by atoms with Crippen molar-refractivity contribution in [2.24, 2.45) is 23.2 Å². The molecular formula is C26H47NO. The minimum atomic E-state index is -0.720. The highest BCUT2D eigenvalue weighted by Gasteiger charge is 2.31. The first-order chi connectivity index (χ1) is 13.6. The van der Waals surface area contributed by atoms with Crippen molar-refractivity contribution in [1.29, 1.82) is 5.26 Å². The fraction of sp³-hybridized carbons (Fsp3) is 0.923. The molecule has 0 aromatic carbocycles. The van der Waals surface area contributed by atoms with Crippen LogP contribution in [0.1, 0.15) is 130 Å². The summed E-state index contributed by atoms with van der Waals surface area (Å²) < 4.78 is 0. The molecule has 2 nitrogen and oxygen atoms in total. The molecule has 1 rings (SSSR count). The summed E-state index contributed by atoms with van der Waals surface area (Å²) in [7, 11) is 0. The van der Waals surface area contributed by atoms with Crippen LogP contribution in [0.3, 0.4) is 0 Å². The van der Waals surface area contributed by atoms with Crippen molar-refractivity contribution >= 4 is 6.29 Å². The smallest absolute Gasteiger partial charge is 0.140 e. The zero-order valence-corrected chi connectivity index (χ0v) is 19.2. The van der Waals surface area contributed by atoms with Crippen molar-refractivity contribution in [2.45, 2.75) is 130 Å². The molecule has 0 aromatic heterocycles. The summed E-state index contributed by atoms with van der Waals surface area (Å²) >= 11 is 0. The van der Waals surface area contributed by atoms with Crippen LogP contribution in [0.5, 0.6) is 0 Å². The standard InChI is InChI=1S/C26H47NO/c1-4-7-9-10-19-26(21-27,22-28)20-11-14-24(13-8-5-2)25-17-15-23(12-6-3)16-18-25/h22-25H,4-20H2,1-3H3. The molecule has 0 radical (unpaired) electrons. The molecule has 0 amide bonds. The Labute approximate surface area is 175 Å². The number of aldehydes is 1. The molecule has 0 saturated heterocycles. The van der Waals surface area contributed by atoms with Gasteiger partial charge in [-0.3, -0.25) is 0 Å². The second kappa shape index (κ2) is 15.1. The van der Waals surface area contributed by atoms with Crippen LogP contribution in [0.15, 0.2) is 0 Å². The Balaban J connectivity index is 2.52. The SMILES string of the molecule is CCCCCCC(C#N)(C=O)CCCC(CCCC)C1CCC(CCC)CC1. The lowest BCUT2D eigenvalue weighted by Crippen LogP contribution is -2.24. The summed E-state index contributed by atoms with van der Waals surface area (Å²) in [5.41, 5.74) is -0.720. The van der Waals surface area contributed by atoms with Crippen molar-refractivity contribution in [2.75, 3.05) is 0 Å². The molecule has 1 aliphatic rings. The normalized spacial score (nSPS) is 22.9. The molecule has 1 fully saturated rings. The van der Waals surface area contributed by atoms with Gasteiger partial charge in [0.05, 0.1) is 6.07 Å². The molecule has 0 bridgehead atoms. The van der Waals surface area contributed by atoms with Crippen LogP contribution in [0, 0.1) is 34.5 Å². The highest BCUT2D eigenvalue weighted by Crippen LogP contribution is 2.40. The van der Waals surface area contributed by atoms with Crippen LogP contribution < -0.4 is 0 Å². The number of carbonyl (C=O) groups excluding carboxylic acids is 1. The van der Waals surface area contributed by atoms with E-state index in [-0.39, 0.29) is 0 Å². The van der Waals surface area contributed by atoms with Crippen LogP contribution in [0.25, 0.3) is 0 Å². The van der Waals surface area contributed by atoms with Gasteiger partial charge in [0.25, 0.3) is 0 Å². The molecule has 2 unspecified atom stereocenters. The van der Waals surface area contributed by atoms with Gasteiger partial charge < -0.3 is 4.79 Å². The molecular weight excluding hydrogens is 342 g/mol. The van der Waals surface area contributed by atoms with Crippen molar-refractivity contribution in [3.8, 4) is 6.07 Å². The van der Waals surface area contributed by atoms with E-state index in [1.54, 1.807) is 0 Å². The van der Waals surface area contributed by atoms with Gasteiger partial charge in [-0.2, -0.15) is 5.26 Å². The van der Waals surface area contributed by atoms with Crippen LogP contribution in [0.2, 0.25) is 0 Å². The predicted octanol–water partition coefficient (Wildman–Crippen LogP) is 8.25. The molecule has 28 heavy (non-hydrogen) atoms. The highest BCUT2D eigenvalue weighted by atomic mass is 16.1. The Hall–Kier alpha value is -0.840. The van der Waals surface area contributed by atoms with E-state index in [0.29, 0.717) is 0 Å². The number of nitriles is 1. The lowest BCUT2D eigenvalue weighted by molar-refractivity contribution is -0.114. The van der Waals surface area contributed by atoms with E-state index in [1.807, 2.05) is 0 Å². The van der Waals surface area contributed by atoms with Crippen LogP contribution in [0.4, 0.5) is 0 Å². The maximum Gasteiger partial charge on any atom is 0.140 e. The summed E-state index contributed by atoms with van der Waals surface area (Å²) in [5, 5.41) is 9.69. The zero-order valence-electron chi connectivity index (χ0n) is 19.2. The van der Waals surface area contributed by atoms with Crippen molar-refractivity contribution in [1.82, 2.24) is 0 Å². The van der Waals surface area contributed by atoms with Gasteiger partial charge in [0.15, 0.2) is 0 Å². The zero-order chi connectivity index (χ0) is 20.7. The minimum Gasteiger partial charge on any atom is -0.302 e. The first-order valence-electron chi connectivity index (χ1n) is 12.5. The second-order valence-corrected chi connectivity index (χ2v) is 9.56. The van der Waals surface area contributed by atoms with Crippen molar-refractivity contribution < 1.29 is 4.79 Å². The quantitative estimate of drug-likeness (QED) is 0.197. The predicted molar refractivity (Wildman–Crippen MR) is 120 cm³/mol. The third kappa shape index (κ3) is 9.11. The number of nitrogens with zero attached hydrogens (tertiary/aromatic N) is 1. The van der Waals surface area contributed by atoms with Crippen molar-refractivity contribution in [3.05, 3.63) is 0 Å². The molecule has 0 heterocycles. The van der Waals surface area contributed by atoms with Crippen LogP contribution in [-0.4, -0.2) is 6.29 Å². The molecule has 2 heteroatoms. The molecule has 162 valence electrons. The molecule has 0 aromatic rings. The summed E-state index contributed by atoms with van der Waals surface area (Å²) in [6.07, 6.45) is 21.7. The maximum atomic E-state index is 11.7. The van der Waals surface area contributed by atoms with E-state index >= 15 is 0 Å². The Kier molecular flexibility index (Phi) is 13.6. The van der Waals surface area contributed by atoms with Crippen LogP contribution in [-0.2, 0) is 4.79 Å². The second-order valence-electron chi connectivity index (χ2n) is 9.56. The van der Waals surface area contributed by atoms with E-state index in [4.69, 9.17) is 0 Å². The van der Waals surface area contributed by atoms with E-state index in [9.17, 15) is 10.1 Å². The number of rotatable bonds is 16. The van der Waals surface area contributed by atoms with Gasteiger partial charge in [0, 0.05) is 0 Å². The van der Waals surface area contributed by atoms with Gasteiger partial charge in [-0.05, 0) is 43.4 Å². The van der Waals surface area contributed by atoms with Gasteiger partial charge in [-0.15, -0.1) is 0 Å². The van der Waals surface area contributed by atoms with Gasteiger partial charge in [-0.25, -0.2) is 0 Å². The number of hydrogen-bond acceptors (Lipinski definition) is 2. The minimum absolute atomic E-state index is 0.720. The Morgan fingerprint density at radius 1 is 0.893 bits per heavy atom. The van der Waals surface area contributed by atoms with Crippen LogP contribution >= 0.6 is 0 Å². The molecule has 2 atom stereocenters. The lowest BCUT2D eigenvalue weighted by Gasteiger charge is -2.34. The highest BCUT2D eigenvalue weighted by molar-refractivity contribution is 5.63. The van der Waals surface area contributed by atoms with Gasteiger partial charge in [0.2, 0.25) is 0 Å². The summed E-state index contributed by atoms with van der Waals surface area (Å²) in [6, 6.07) is 2.39. The molecule has 1 saturated carbocycles. The van der Waals surface area contributed by atoms with E-state index in [1.165, 1.54) is 77.0 Å². The first-order valence-corrected chi connectivity index (χ1v) is 12.5. The van der Waals surface area contributed by atoms with Gasteiger partial charge in [0.1, 0.15) is 11.7 Å². The maximum absolute atomic E-state index is 11.7. The summed E-state index contributed by atoms with van der Waals surface area (Å²) in [4.78, 5) is 11.7. The van der Waals surface area contributed by atoms with E-state index < -0.39 is 5.41 Å². The largest absolute Gasteiger partial charge is 0.302 e. The fourth-order valence-electron chi connectivity index (χ4n) is 5.37. The summed E-state index contributed by atoms with van der Waals surface area (Å²) in [5.74, 6) is 2.67. The molecule has 0 N–H and O–H groups in total. The Bertz CT molecular complexity index is 432. The topological polar surface area (TPSA) is 40.9 Å². The van der Waals surface area contributed by atoms with Crippen molar-refractivity contribution in [3.63, 3.8) is 0 Å². The third-order valence-electron chi connectivity index (χ3n) is 7.31. The summed E-state index contributed by atoms with van der Waals surface area (Å²) in [6.45, 7) is 6.80. The molecule has 0 spiro atoms. The third-order valence-corrected chi connectivity index (χ3v) is 7.31. The Morgan fingerprint density at radius 2 is 1.54 bits per heavy atom. The molecule has 1 aliphatic carbocycles. The first kappa shape index (κ1) is 25.2. The Morgan fingerprint density at radius 3 is 2.11 bits per heavy atom. The monoisotopic (exact) mass is 389 g/mol. The number of unbranched alkanes of at least 4 members (excludes halogenated alkanes) is 4. The fourth-order valence-corrected chi connectivity index (χ4v) is 5.37. The molecule has 0 aliphatic heterocycles. The average Bonchev–Trinajstić information content (AvgIpc) is 2.73. The van der Waals surface area contributed by atoms with E-state index in [0.717, 1.165) is 56.1 Å². The number of hydrogen-bond donors (Lipinski definition) is 0.